The molecule has 0 spiro atoms. The molecule has 1 N–H and O–H groups in total. The Morgan fingerprint density at radius 2 is 1.85 bits per heavy atom. The molecule has 6 heteroatoms. The molecule has 0 bridgehead atoms. The minimum Gasteiger partial charge on any atom is -0.334 e. The Balaban J connectivity index is 1.38. The van der Waals surface area contributed by atoms with E-state index >= 15 is 0 Å². The van der Waals surface area contributed by atoms with Gasteiger partial charge in [-0.3, -0.25) is 0 Å². The van der Waals surface area contributed by atoms with Gasteiger partial charge < -0.3 is 14.8 Å². The van der Waals surface area contributed by atoms with Gasteiger partial charge in [-0.05, 0) is 24.6 Å². The lowest BCUT2D eigenvalue weighted by atomic mass is 10.1. The molecular weight excluding hydrogens is 343 g/mol. The molecule has 0 saturated carbocycles. The number of likely N-dealkylation sites (tertiary alicyclic amines) is 1. The number of urea groups is 1. The van der Waals surface area contributed by atoms with Gasteiger partial charge in [0.25, 0.3) is 0 Å². The first-order valence-electron chi connectivity index (χ1n) is 8.98. The van der Waals surface area contributed by atoms with Crippen molar-refractivity contribution in [2.75, 3.05) is 13.1 Å². The van der Waals surface area contributed by atoms with Crippen LogP contribution in [-0.2, 0) is 6.54 Å². The van der Waals surface area contributed by atoms with Gasteiger partial charge in [-0.15, -0.1) is 0 Å². The van der Waals surface area contributed by atoms with Gasteiger partial charge in [-0.1, -0.05) is 42.5 Å². The van der Waals surface area contributed by atoms with E-state index in [2.05, 4.69) is 14.9 Å². The van der Waals surface area contributed by atoms with E-state index in [0.717, 1.165) is 22.6 Å². The maximum absolute atomic E-state index is 12.9. The molecule has 1 aromatic heterocycles. The summed E-state index contributed by atoms with van der Waals surface area (Å²) in [6, 6.07) is 16.3. The predicted molar refractivity (Wildman–Crippen MR) is 102 cm³/mol. The number of aryl methyl sites for hydroxylation is 1. The second kappa shape index (κ2) is 7.23. The third kappa shape index (κ3) is 3.56. The van der Waals surface area contributed by atoms with Crippen LogP contribution in [0.2, 0.25) is 0 Å². The summed E-state index contributed by atoms with van der Waals surface area (Å²) in [5, 5.41) is 2.89. The van der Waals surface area contributed by atoms with Crippen LogP contribution < -0.4 is 5.32 Å². The number of hydrogen-bond donors (Lipinski definition) is 1. The van der Waals surface area contributed by atoms with Crippen molar-refractivity contribution in [3.63, 3.8) is 0 Å². The largest absolute Gasteiger partial charge is 0.334 e. The Labute approximate surface area is 157 Å². The second-order valence-corrected chi connectivity index (χ2v) is 6.80. The molecule has 2 aromatic carbocycles. The highest BCUT2D eigenvalue weighted by Gasteiger charge is 2.33. The smallest absolute Gasteiger partial charge is 0.317 e. The number of imidazole rings is 1. The van der Waals surface area contributed by atoms with Crippen LogP contribution in [0.15, 0.2) is 60.8 Å². The van der Waals surface area contributed by atoms with Crippen LogP contribution >= 0.6 is 0 Å². The summed E-state index contributed by atoms with van der Waals surface area (Å²) in [7, 11) is 0. The molecule has 1 saturated heterocycles. The van der Waals surface area contributed by atoms with E-state index in [1.807, 2.05) is 43.5 Å². The quantitative estimate of drug-likeness (QED) is 0.766. The molecule has 2 heterocycles. The highest BCUT2D eigenvalue weighted by atomic mass is 19.1. The Kier molecular flexibility index (Phi) is 4.62. The maximum atomic E-state index is 12.9. The number of carbonyl (C=O) groups is 1. The van der Waals surface area contributed by atoms with Crippen LogP contribution in [-0.4, -0.2) is 33.6 Å². The number of nitrogens with one attached hydrogen (secondary N) is 1. The van der Waals surface area contributed by atoms with E-state index in [1.54, 1.807) is 17.0 Å². The lowest BCUT2D eigenvalue weighted by Crippen LogP contribution is -2.54. The third-order valence-corrected chi connectivity index (χ3v) is 4.89. The summed E-state index contributed by atoms with van der Waals surface area (Å²) in [5.74, 6) is 0.657. The molecule has 1 aliphatic heterocycles. The molecule has 0 aliphatic carbocycles. The van der Waals surface area contributed by atoms with Gasteiger partial charge in [0.05, 0.1) is 6.04 Å². The Bertz CT molecular complexity index is 931. The van der Waals surface area contributed by atoms with Crippen molar-refractivity contribution >= 4 is 6.03 Å². The average molecular weight is 364 g/mol. The molecule has 2 amide bonds. The standard InChI is InChI=1S/C21H21FN4O/c1-15-11-23-20(17-5-3-2-4-6-17)26(15)19-13-25(14-19)21(27)24-12-16-7-9-18(22)10-8-16/h2-11,19H,12-14H2,1H3,(H,24,27). The lowest BCUT2D eigenvalue weighted by Gasteiger charge is -2.41. The van der Waals surface area contributed by atoms with Crippen molar-refractivity contribution in [3.05, 3.63) is 77.9 Å². The number of rotatable bonds is 4. The first-order chi connectivity index (χ1) is 13.1. The van der Waals surface area contributed by atoms with Gasteiger partial charge in [0.1, 0.15) is 11.6 Å². The van der Waals surface area contributed by atoms with E-state index in [1.165, 1.54) is 12.1 Å². The fourth-order valence-electron chi connectivity index (χ4n) is 3.38. The number of aromatic nitrogens is 2. The highest BCUT2D eigenvalue weighted by Crippen LogP contribution is 2.29. The van der Waals surface area contributed by atoms with Gasteiger partial charge in [0, 0.05) is 37.1 Å². The molecule has 0 radical (unpaired) electrons. The maximum Gasteiger partial charge on any atom is 0.317 e. The fourth-order valence-corrected chi connectivity index (χ4v) is 3.38. The first-order valence-corrected chi connectivity index (χ1v) is 8.98. The summed E-state index contributed by atoms with van der Waals surface area (Å²) < 4.78 is 15.1. The third-order valence-electron chi connectivity index (χ3n) is 4.89. The molecular formula is C21H21FN4O. The van der Waals surface area contributed by atoms with Gasteiger partial charge in [-0.25, -0.2) is 14.2 Å². The average Bonchev–Trinajstić information content (AvgIpc) is 3.02. The fraction of sp³-hybridized carbons (Fsp3) is 0.238. The molecule has 27 heavy (non-hydrogen) atoms. The zero-order valence-corrected chi connectivity index (χ0v) is 15.1. The number of nitrogens with zero attached hydrogens (tertiary/aromatic N) is 3. The second-order valence-electron chi connectivity index (χ2n) is 6.80. The topological polar surface area (TPSA) is 50.2 Å². The Morgan fingerprint density at radius 1 is 1.15 bits per heavy atom. The summed E-state index contributed by atoms with van der Waals surface area (Å²) in [6.45, 7) is 3.72. The van der Waals surface area contributed by atoms with Crippen LogP contribution in [0.1, 0.15) is 17.3 Å². The van der Waals surface area contributed by atoms with E-state index < -0.39 is 0 Å². The van der Waals surface area contributed by atoms with Gasteiger partial charge >= 0.3 is 6.03 Å². The molecule has 0 atom stereocenters. The van der Waals surface area contributed by atoms with Crippen LogP contribution in [0.4, 0.5) is 9.18 Å². The zero-order chi connectivity index (χ0) is 18.8. The Hall–Kier alpha value is -3.15. The minimum absolute atomic E-state index is 0.102. The van der Waals surface area contributed by atoms with Gasteiger partial charge in [0.2, 0.25) is 0 Å². The van der Waals surface area contributed by atoms with Crippen molar-refractivity contribution in [1.29, 1.82) is 0 Å². The molecule has 3 aromatic rings. The number of carbonyl (C=O) groups excluding carboxylic acids is 1. The summed E-state index contributed by atoms with van der Waals surface area (Å²) in [5.41, 5.74) is 3.04. The number of halogens is 1. The number of amides is 2. The molecule has 138 valence electrons. The molecule has 0 unspecified atom stereocenters. The highest BCUT2D eigenvalue weighted by molar-refractivity contribution is 5.75. The van der Waals surface area contributed by atoms with Gasteiger partial charge in [0.15, 0.2) is 0 Å². The SMILES string of the molecule is Cc1cnc(-c2ccccc2)n1C1CN(C(=O)NCc2ccc(F)cc2)C1. The summed E-state index contributed by atoms with van der Waals surface area (Å²) in [4.78, 5) is 18.7. The van der Waals surface area contributed by atoms with Crippen LogP contribution in [0.25, 0.3) is 11.4 Å². The normalized spacial score (nSPS) is 14.1. The monoisotopic (exact) mass is 364 g/mol. The lowest BCUT2D eigenvalue weighted by molar-refractivity contribution is 0.124. The summed E-state index contributed by atoms with van der Waals surface area (Å²) >= 11 is 0. The predicted octanol–water partition coefficient (Wildman–Crippen LogP) is 3.76. The van der Waals surface area contributed by atoms with Crippen LogP contribution in [0.3, 0.4) is 0 Å². The van der Waals surface area contributed by atoms with Crippen molar-refractivity contribution < 1.29 is 9.18 Å². The van der Waals surface area contributed by atoms with Gasteiger partial charge in [-0.2, -0.15) is 0 Å². The number of hydrogen-bond acceptors (Lipinski definition) is 2. The number of benzene rings is 2. The summed E-state index contributed by atoms with van der Waals surface area (Å²) in [6.07, 6.45) is 1.87. The molecule has 1 aliphatic rings. The van der Waals surface area contributed by atoms with E-state index in [0.29, 0.717) is 19.6 Å². The van der Waals surface area contributed by atoms with Crippen molar-refractivity contribution in [2.45, 2.75) is 19.5 Å². The minimum atomic E-state index is -0.277. The zero-order valence-electron chi connectivity index (χ0n) is 15.1. The van der Waals surface area contributed by atoms with E-state index in [-0.39, 0.29) is 17.9 Å². The molecule has 1 fully saturated rings. The molecule has 4 rings (SSSR count). The van der Waals surface area contributed by atoms with E-state index in [9.17, 15) is 9.18 Å². The first kappa shape index (κ1) is 17.3. The van der Waals surface area contributed by atoms with Crippen LogP contribution in [0.5, 0.6) is 0 Å². The Morgan fingerprint density at radius 3 is 2.56 bits per heavy atom. The van der Waals surface area contributed by atoms with Crippen LogP contribution in [0, 0.1) is 12.7 Å². The van der Waals surface area contributed by atoms with Crippen molar-refractivity contribution in [3.8, 4) is 11.4 Å². The van der Waals surface area contributed by atoms with Crippen molar-refractivity contribution in [1.82, 2.24) is 19.8 Å². The van der Waals surface area contributed by atoms with E-state index in [4.69, 9.17) is 0 Å². The van der Waals surface area contributed by atoms with Crippen molar-refractivity contribution in [2.24, 2.45) is 0 Å². The molecule has 5 nitrogen and oxygen atoms in total.